The van der Waals surface area contributed by atoms with Gasteiger partial charge in [-0.05, 0) is 0 Å². The predicted octanol–water partition coefficient (Wildman–Crippen LogP) is -0.130. The summed E-state index contributed by atoms with van der Waals surface area (Å²) in [5.74, 6) is -0.450. The van der Waals surface area contributed by atoms with Crippen molar-refractivity contribution < 1.29 is 9.90 Å². The lowest BCUT2D eigenvalue weighted by Gasteiger charge is -2.01. The molecule has 0 fully saturated rings. The maximum absolute atomic E-state index is 11.2. The van der Waals surface area contributed by atoms with Gasteiger partial charge in [-0.2, -0.15) is 4.98 Å². The summed E-state index contributed by atoms with van der Waals surface area (Å²) >= 11 is 1.03. The molecular weight excluding hydrogens is 230 g/mol. The number of rotatable bonds is 5. The van der Waals surface area contributed by atoms with Crippen LogP contribution in [0.3, 0.4) is 0 Å². The van der Waals surface area contributed by atoms with Crippen molar-refractivity contribution in [3.05, 3.63) is 29.1 Å². The average Bonchev–Trinajstić information content (AvgIpc) is 2.22. The molecule has 1 amide bonds. The maximum Gasteiger partial charge on any atom is 0.255 e. The first-order valence-corrected chi connectivity index (χ1v) is 5.41. The molecule has 1 heterocycles. The van der Waals surface area contributed by atoms with Crippen molar-refractivity contribution in [3.63, 3.8) is 0 Å². The molecule has 0 saturated heterocycles. The summed E-state index contributed by atoms with van der Waals surface area (Å²) < 4.78 is 0. The van der Waals surface area contributed by atoms with Crippen molar-refractivity contribution in [3.8, 4) is 5.88 Å². The van der Waals surface area contributed by atoms with Crippen molar-refractivity contribution >= 4 is 17.7 Å². The highest BCUT2D eigenvalue weighted by molar-refractivity contribution is 7.99. The number of H-pyrrole nitrogens is 1. The van der Waals surface area contributed by atoms with E-state index in [4.69, 9.17) is 5.11 Å². The minimum absolute atomic E-state index is 0.111. The smallest absolute Gasteiger partial charge is 0.255 e. The summed E-state index contributed by atoms with van der Waals surface area (Å²) in [7, 11) is 0. The third kappa shape index (κ3) is 4.18. The number of aromatic nitrogens is 2. The van der Waals surface area contributed by atoms with Gasteiger partial charge in [0.25, 0.3) is 5.56 Å². The van der Waals surface area contributed by atoms with Crippen molar-refractivity contribution in [2.75, 3.05) is 12.3 Å². The van der Waals surface area contributed by atoms with Crippen LogP contribution in [0.2, 0.25) is 0 Å². The highest BCUT2D eigenvalue weighted by Crippen LogP contribution is 2.12. The van der Waals surface area contributed by atoms with E-state index in [0.717, 1.165) is 17.8 Å². The quantitative estimate of drug-likeness (QED) is 0.379. The molecule has 16 heavy (non-hydrogen) atoms. The second kappa shape index (κ2) is 5.96. The lowest BCUT2D eigenvalue weighted by Crippen LogP contribution is -2.25. The molecule has 0 saturated carbocycles. The van der Waals surface area contributed by atoms with Gasteiger partial charge < -0.3 is 15.4 Å². The lowest BCUT2D eigenvalue weighted by atomic mass is 10.6. The molecule has 0 aliphatic carbocycles. The number of aromatic hydroxyl groups is 1. The monoisotopic (exact) mass is 241 g/mol. The van der Waals surface area contributed by atoms with Crippen LogP contribution in [0, 0.1) is 0 Å². The highest BCUT2D eigenvalue weighted by atomic mass is 32.2. The van der Waals surface area contributed by atoms with Crippen LogP contribution < -0.4 is 10.9 Å². The Labute approximate surface area is 95.8 Å². The summed E-state index contributed by atoms with van der Waals surface area (Å²) in [6.45, 7) is 3.85. The summed E-state index contributed by atoms with van der Waals surface area (Å²) in [6.07, 6.45) is 1.57. The van der Waals surface area contributed by atoms with E-state index in [1.54, 1.807) is 6.08 Å². The third-order valence-corrected chi connectivity index (χ3v) is 2.36. The number of carbonyl (C=O) groups is 1. The van der Waals surface area contributed by atoms with E-state index < -0.39 is 5.56 Å². The minimum Gasteiger partial charge on any atom is -0.493 e. The van der Waals surface area contributed by atoms with Crippen LogP contribution in [0.15, 0.2) is 28.7 Å². The lowest BCUT2D eigenvalue weighted by molar-refractivity contribution is -0.118. The van der Waals surface area contributed by atoms with Crippen LogP contribution in [-0.2, 0) is 4.79 Å². The van der Waals surface area contributed by atoms with Crippen LogP contribution >= 0.6 is 11.8 Å². The Balaban J connectivity index is 2.51. The van der Waals surface area contributed by atoms with E-state index >= 15 is 0 Å². The minimum atomic E-state index is -0.457. The van der Waals surface area contributed by atoms with Crippen molar-refractivity contribution in [1.29, 1.82) is 0 Å². The van der Waals surface area contributed by atoms with Gasteiger partial charge in [0.15, 0.2) is 5.16 Å². The van der Waals surface area contributed by atoms with Crippen molar-refractivity contribution in [1.82, 2.24) is 15.3 Å². The molecule has 6 nitrogen and oxygen atoms in total. The largest absolute Gasteiger partial charge is 0.493 e. The van der Waals surface area contributed by atoms with Crippen LogP contribution in [0.5, 0.6) is 5.88 Å². The average molecular weight is 241 g/mol. The molecule has 0 atom stereocenters. The van der Waals surface area contributed by atoms with Crippen molar-refractivity contribution in [2.24, 2.45) is 0 Å². The Morgan fingerprint density at radius 1 is 1.75 bits per heavy atom. The molecule has 0 aromatic carbocycles. The molecule has 0 spiro atoms. The van der Waals surface area contributed by atoms with Gasteiger partial charge in [-0.3, -0.25) is 9.59 Å². The molecule has 0 radical (unpaired) electrons. The number of hydrogen-bond acceptors (Lipinski definition) is 5. The Morgan fingerprint density at radius 2 is 2.50 bits per heavy atom. The molecule has 1 aromatic rings. The summed E-state index contributed by atoms with van der Waals surface area (Å²) in [4.78, 5) is 28.2. The fraction of sp³-hybridized carbons (Fsp3) is 0.222. The van der Waals surface area contributed by atoms with E-state index in [1.165, 1.54) is 0 Å². The third-order valence-electron chi connectivity index (χ3n) is 1.49. The Morgan fingerprint density at radius 3 is 3.12 bits per heavy atom. The number of carbonyl (C=O) groups excluding carboxylic acids is 1. The first-order chi connectivity index (χ1) is 7.61. The SMILES string of the molecule is C=CCNC(=O)CSc1nc(O)cc(=O)[nH]1. The number of nitrogens with zero attached hydrogens (tertiary/aromatic N) is 1. The molecule has 0 unspecified atom stereocenters. The summed E-state index contributed by atoms with van der Waals surface area (Å²) in [5, 5.41) is 11.8. The number of nitrogens with one attached hydrogen (secondary N) is 2. The van der Waals surface area contributed by atoms with Gasteiger partial charge in [0, 0.05) is 6.54 Å². The first kappa shape index (κ1) is 12.3. The molecule has 0 aliphatic rings. The normalized spacial score (nSPS) is 9.75. The molecule has 1 aromatic heterocycles. The van der Waals surface area contributed by atoms with Gasteiger partial charge in [0.2, 0.25) is 11.8 Å². The molecule has 0 aliphatic heterocycles. The number of aromatic amines is 1. The molecule has 86 valence electrons. The Hall–Kier alpha value is -1.76. The topological polar surface area (TPSA) is 95.1 Å². The fourth-order valence-corrected chi connectivity index (χ4v) is 1.56. The van der Waals surface area contributed by atoms with E-state index in [0.29, 0.717) is 6.54 Å². The van der Waals surface area contributed by atoms with E-state index in [-0.39, 0.29) is 22.7 Å². The first-order valence-electron chi connectivity index (χ1n) is 4.42. The number of thioether (sulfide) groups is 1. The Bertz CT molecular complexity index is 444. The molecular formula is C9H11N3O3S. The van der Waals surface area contributed by atoms with E-state index in [1.807, 2.05) is 0 Å². The second-order valence-corrected chi connectivity index (χ2v) is 3.75. The van der Waals surface area contributed by atoms with E-state index in [2.05, 4.69) is 21.9 Å². The number of amides is 1. The zero-order chi connectivity index (χ0) is 12.0. The molecule has 0 bridgehead atoms. The number of hydrogen-bond donors (Lipinski definition) is 3. The maximum atomic E-state index is 11.2. The van der Waals surface area contributed by atoms with Gasteiger partial charge in [0.1, 0.15) is 0 Å². The van der Waals surface area contributed by atoms with Crippen LogP contribution in [0.25, 0.3) is 0 Å². The zero-order valence-electron chi connectivity index (χ0n) is 8.40. The zero-order valence-corrected chi connectivity index (χ0v) is 9.21. The van der Waals surface area contributed by atoms with Crippen molar-refractivity contribution in [2.45, 2.75) is 5.16 Å². The summed E-state index contributed by atoms with van der Waals surface area (Å²) in [6, 6.07) is 0.960. The van der Waals surface area contributed by atoms with Gasteiger partial charge in [0.05, 0.1) is 11.8 Å². The fourth-order valence-electron chi connectivity index (χ4n) is 0.862. The standard InChI is InChI=1S/C9H11N3O3S/c1-2-3-10-8(15)5-16-9-11-6(13)4-7(14)12-9/h2,4H,1,3,5H2,(H,10,15)(H2,11,12,13,14). The van der Waals surface area contributed by atoms with Gasteiger partial charge >= 0.3 is 0 Å². The molecule has 3 N–H and O–H groups in total. The second-order valence-electron chi connectivity index (χ2n) is 2.79. The highest BCUT2D eigenvalue weighted by Gasteiger charge is 2.04. The Kier molecular flexibility index (Phi) is 4.59. The van der Waals surface area contributed by atoms with Gasteiger partial charge in [-0.1, -0.05) is 17.8 Å². The van der Waals surface area contributed by atoms with Crippen LogP contribution in [-0.4, -0.2) is 33.3 Å². The molecule has 1 rings (SSSR count). The van der Waals surface area contributed by atoms with Gasteiger partial charge in [-0.15, -0.1) is 6.58 Å². The summed E-state index contributed by atoms with van der Waals surface area (Å²) in [5.41, 5.74) is -0.457. The van der Waals surface area contributed by atoms with Gasteiger partial charge in [-0.25, -0.2) is 0 Å². The molecule has 7 heteroatoms. The van der Waals surface area contributed by atoms with Crippen LogP contribution in [0.1, 0.15) is 0 Å². The van der Waals surface area contributed by atoms with E-state index in [9.17, 15) is 9.59 Å². The predicted molar refractivity (Wildman–Crippen MR) is 60.5 cm³/mol. The van der Waals surface area contributed by atoms with Crippen LogP contribution in [0.4, 0.5) is 0 Å².